The number of halogens is 2. The van der Waals surface area contributed by atoms with Crippen molar-refractivity contribution in [3.63, 3.8) is 0 Å². The molecule has 0 bridgehead atoms. The van der Waals surface area contributed by atoms with Gasteiger partial charge in [-0.25, -0.2) is 9.40 Å². The Hall–Kier alpha value is -2.80. The Morgan fingerprint density at radius 2 is 2.04 bits per heavy atom. The van der Waals surface area contributed by atoms with E-state index in [9.17, 15) is 14.3 Å². The van der Waals surface area contributed by atoms with Crippen LogP contribution in [0.5, 0.6) is 11.5 Å². The molecule has 1 aliphatic heterocycles. The average molecular weight is 337 g/mol. The van der Waals surface area contributed by atoms with E-state index in [1.54, 1.807) is 24.3 Å². The second-order valence-corrected chi connectivity index (χ2v) is 4.98. The van der Waals surface area contributed by atoms with Crippen LogP contribution in [0.1, 0.15) is 0 Å². The third-order valence-electron chi connectivity index (χ3n) is 2.97. The Labute approximate surface area is 135 Å². The first-order valence-electron chi connectivity index (χ1n) is 6.48. The molecule has 118 valence electrons. The van der Waals surface area contributed by atoms with Crippen LogP contribution in [-0.2, 0) is 9.53 Å². The van der Waals surface area contributed by atoms with Gasteiger partial charge >= 0.3 is 6.08 Å². The van der Waals surface area contributed by atoms with Crippen molar-refractivity contribution >= 4 is 29.7 Å². The van der Waals surface area contributed by atoms with Crippen LogP contribution in [0.2, 0.25) is 5.02 Å². The van der Waals surface area contributed by atoms with Crippen molar-refractivity contribution in [2.75, 3.05) is 5.01 Å². The lowest BCUT2D eigenvalue weighted by molar-refractivity contribution is -0.113. The van der Waals surface area contributed by atoms with E-state index in [0.717, 1.165) is 11.1 Å². The standard InChI is InChI=1S/C15H10ClFN2O4/c16-9-1-4-11(5-2-9)22-15-18-19(14(8-20)23-15)13-6-3-10(21)7-12(13)17/h1-8,14,21H. The van der Waals surface area contributed by atoms with E-state index >= 15 is 0 Å². The van der Waals surface area contributed by atoms with Crippen molar-refractivity contribution in [1.82, 2.24) is 0 Å². The van der Waals surface area contributed by atoms with Gasteiger partial charge in [0.25, 0.3) is 6.23 Å². The molecule has 0 saturated carbocycles. The molecule has 1 aliphatic rings. The number of carbonyl (C=O) groups is 1. The minimum Gasteiger partial charge on any atom is -0.508 e. The van der Waals surface area contributed by atoms with E-state index < -0.39 is 12.0 Å². The molecule has 0 aromatic heterocycles. The van der Waals surface area contributed by atoms with Crippen LogP contribution >= 0.6 is 11.6 Å². The summed E-state index contributed by atoms with van der Waals surface area (Å²) in [5.41, 5.74) is -0.0328. The number of aldehydes is 1. The fourth-order valence-electron chi connectivity index (χ4n) is 1.93. The maximum Gasteiger partial charge on any atom is 0.414 e. The van der Waals surface area contributed by atoms with Crippen LogP contribution in [-0.4, -0.2) is 23.7 Å². The lowest BCUT2D eigenvalue weighted by Gasteiger charge is -2.17. The summed E-state index contributed by atoms with van der Waals surface area (Å²) in [5, 5.41) is 14.7. The molecule has 23 heavy (non-hydrogen) atoms. The second-order valence-electron chi connectivity index (χ2n) is 4.55. The number of phenols is 1. The summed E-state index contributed by atoms with van der Waals surface area (Å²) in [4.78, 5) is 11.1. The Morgan fingerprint density at radius 1 is 1.30 bits per heavy atom. The van der Waals surface area contributed by atoms with Crippen molar-refractivity contribution in [3.8, 4) is 11.5 Å². The predicted molar refractivity (Wildman–Crippen MR) is 81.0 cm³/mol. The first kappa shape index (κ1) is 15.1. The topological polar surface area (TPSA) is 71.4 Å². The number of carbonyl (C=O) groups excluding carboxylic acids is 1. The highest BCUT2D eigenvalue weighted by Gasteiger charge is 2.32. The largest absolute Gasteiger partial charge is 0.508 e. The quantitative estimate of drug-likeness (QED) is 0.873. The number of phenolic OH excluding ortho intramolecular Hbond substituents is 1. The number of rotatable bonds is 3. The number of anilines is 1. The minimum atomic E-state index is -1.17. The maximum absolute atomic E-state index is 13.9. The number of ether oxygens (including phenoxy) is 2. The maximum atomic E-state index is 13.9. The van der Waals surface area contributed by atoms with E-state index in [0.29, 0.717) is 17.1 Å². The molecule has 1 unspecified atom stereocenters. The summed E-state index contributed by atoms with van der Waals surface area (Å²) >= 11 is 5.77. The molecular weight excluding hydrogens is 327 g/mol. The molecule has 1 N–H and O–H groups in total. The second kappa shape index (κ2) is 6.13. The first-order valence-corrected chi connectivity index (χ1v) is 6.86. The first-order chi connectivity index (χ1) is 11.1. The smallest absolute Gasteiger partial charge is 0.414 e. The predicted octanol–water partition coefficient (Wildman–Crippen LogP) is 2.90. The van der Waals surface area contributed by atoms with Crippen molar-refractivity contribution in [2.24, 2.45) is 5.10 Å². The molecule has 0 amide bonds. The summed E-state index contributed by atoms with van der Waals surface area (Å²) in [6.07, 6.45) is -0.929. The monoisotopic (exact) mass is 336 g/mol. The highest BCUT2D eigenvalue weighted by molar-refractivity contribution is 6.30. The molecule has 6 nitrogen and oxygen atoms in total. The number of hydrazone groups is 1. The fourth-order valence-corrected chi connectivity index (χ4v) is 2.05. The van der Waals surface area contributed by atoms with Gasteiger partial charge in [-0.15, -0.1) is 0 Å². The van der Waals surface area contributed by atoms with Gasteiger partial charge in [-0.1, -0.05) is 16.7 Å². The number of benzene rings is 2. The molecular formula is C15H10ClFN2O4. The van der Waals surface area contributed by atoms with E-state index in [2.05, 4.69) is 5.10 Å². The summed E-state index contributed by atoms with van der Waals surface area (Å²) < 4.78 is 24.5. The highest BCUT2D eigenvalue weighted by atomic mass is 35.5. The van der Waals surface area contributed by atoms with Gasteiger partial charge in [0.05, 0.1) is 0 Å². The van der Waals surface area contributed by atoms with E-state index in [1.807, 2.05) is 0 Å². The average Bonchev–Trinajstić information content (AvgIpc) is 2.92. The van der Waals surface area contributed by atoms with Crippen LogP contribution in [0.3, 0.4) is 0 Å². The Balaban J connectivity index is 1.86. The van der Waals surface area contributed by atoms with Crippen LogP contribution in [0.15, 0.2) is 47.6 Å². The van der Waals surface area contributed by atoms with Gasteiger partial charge in [0.1, 0.15) is 17.2 Å². The van der Waals surface area contributed by atoms with Gasteiger partial charge in [-0.05, 0) is 36.4 Å². The summed E-state index contributed by atoms with van der Waals surface area (Å²) in [6, 6.07) is 9.86. The Kier molecular flexibility index (Phi) is 4.03. The zero-order valence-corrected chi connectivity index (χ0v) is 12.3. The summed E-state index contributed by atoms with van der Waals surface area (Å²) in [5.74, 6) is -0.599. The zero-order valence-electron chi connectivity index (χ0n) is 11.5. The minimum absolute atomic E-state index is 0.0328. The molecule has 2 aromatic carbocycles. The van der Waals surface area contributed by atoms with E-state index in [4.69, 9.17) is 21.1 Å². The molecule has 0 aliphatic carbocycles. The van der Waals surface area contributed by atoms with Crippen molar-refractivity contribution < 1.29 is 23.8 Å². The van der Waals surface area contributed by atoms with E-state index in [-0.39, 0.29) is 17.5 Å². The molecule has 0 saturated heterocycles. The van der Waals surface area contributed by atoms with E-state index in [1.165, 1.54) is 12.1 Å². The third-order valence-corrected chi connectivity index (χ3v) is 3.22. The van der Waals surface area contributed by atoms with Crippen molar-refractivity contribution in [3.05, 3.63) is 53.3 Å². The summed E-state index contributed by atoms with van der Waals surface area (Å²) in [7, 11) is 0. The summed E-state index contributed by atoms with van der Waals surface area (Å²) in [6.45, 7) is 0. The molecule has 3 rings (SSSR count). The Bertz CT molecular complexity index is 767. The number of nitrogens with zero attached hydrogens (tertiary/aromatic N) is 2. The van der Waals surface area contributed by atoms with Crippen LogP contribution in [0, 0.1) is 5.82 Å². The van der Waals surface area contributed by atoms with Crippen molar-refractivity contribution in [1.29, 1.82) is 0 Å². The molecule has 1 atom stereocenters. The Morgan fingerprint density at radius 3 is 2.70 bits per heavy atom. The molecule has 0 radical (unpaired) electrons. The molecule has 1 heterocycles. The number of hydrogen-bond donors (Lipinski definition) is 1. The molecule has 2 aromatic rings. The highest BCUT2D eigenvalue weighted by Crippen LogP contribution is 2.28. The lowest BCUT2D eigenvalue weighted by Crippen LogP contribution is -2.30. The van der Waals surface area contributed by atoms with Gasteiger partial charge < -0.3 is 14.6 Å². The SMILES string of the molecule is O=CC1OC(Oc2ccc(Cl)cc2)=NN1c1ccc(O)cc1F. The normalized spacial score (nSPS) is 16.7. The lowest BCUT2D eigenvalue weighted by atomic mass is 10.2. The van der Waals surface area contributed by atoms with Crippen LogP contribution in [0.4, 0.5) is 10.1 Å². The molecule has 0 fully saturated rings. The van der Waals surface area contributed by atoms with Gasteiger partial charge in [0, 0.05) is 11.1 Å². The van der Waals surface area contributed by atoms with Gasteiger partial charge in [0.2, 0.25) is 0 Å². The van der Waals surface area contributed by atoms with Crippen LogP contribution < -0.4 is 9.75 Å². The fraction of sp³-hybridized carbons (Fsp3) is 0.0667. The van der Waals surface area contributed by atoms with Gasteiger partial charge in [0.15, 0.2) is 12.1 Å². The van der Waals surface area contributed by atoms with Gasteiger partial charge in [-0.2, -0.15) is 0 Å². The van der Waals surface area contributed by atoms with Crippen molar-refractivity contribution in [2.45, 2.75) is 6.23 Å². The molecule has 0 spiro atoms. The van der Waals surface area contributed by atoms with Gasteiger partial charge in [-0.3, -0.25) is 4.79 Å². The van der Waals surface area contributed by atoms with Crippen LogP contribution in [0.25, 0.3) is 0 Å². The number of hydrogen-bond acceptors (Lipinski definition) is 6. The number of aromatic hydroxyl groups is 1. The molecule has 8 heteroatoms. The third kappa shape index (κ3) is 3.19. The zero-order chi connectivity index (χ0) is 16.4.